The van der Waals surface area contributed by atoms with E-state index < -0.39 is 11.4 Å². The number of ether oxygens (including phenoxy) is 1. The lowest BCUT2D eigenvalue weighted by atomic mass is 9.91. The Morgan fingerprint density at radius 2 is 1.46 bits per heavy atom. The monoisotopic (exact) mass is 336 g/mol. The summed E-state index contributed by atoms with van der Waals surface area (Å²) in [7, 11) is 0. The Balaban J connectivity index is 0.000000561. The van der Waals surface area contributed by atoms with Crippen LogP contribution >= 0.6 is 0 Å². The minimum absolute atomic E-state index is 0.106. The predicted octanol–water partition coefficient (Wildman–Crippen LogP) is 4.72. The number of carboxylic acid groups (broad SMARTS) is 1. The van der Waals surface area contributed by atoms with Crippen LogP contribution in [0.5, 0.6) is 0 Å². The molecular weight excluding hydrogens is 304 g/mol. The van der Waals surface area contributed by atoms with Crippen molar-refractivity contribution in [1.82, 2.24) is 0 Å². The fourth-order valence-electron chi connectivity index (χ4n) is 1.40. The van der Waals surface area contributed by atoms with Crippen molar-refractivity contribution in [3.8, 4) is 0 Å². The molecule has 4 heteroatoms. The Bertz CT molecular complexity index is 504. The third-order valence-corrected chi connectivity index (χ3v) is 4.37. The molecule has 0 atom stereocenters. The fourth-order valence-corrected chi connectivity index (χ4v) is 1.40. The van der Waals surface area contributed by atoms with Gasteiger partial charge in [-0.05, 0) is 46.1 Å². The SMILES string of the molecule is CCC(C)(C)C(=O)O.CCC(C)(C)C(=O)OCCc1ccccc1. The molecule has 136 valence electrons. The molecule has 0 heterocycles. The molecule has 0 fully saturated rings. The van der Waals surface area contributed by atoms with Gasteiger partial charge in [0, 0.05) is 6.42 Å². The van der Waals surface area contributed by atoms with Crippen molar-refractivity contribution < 1.29 is 19.4 Å². The summed E-state index contributed by atoms with van der Waals surface area (Å²) in [5.74, 6) is -0.828. The van der Waals surface area contributed by atoms with Crippen molar-refractivity contribution in [3.05, 3.63) is 35.9 Å². The van der Waals surface area contributed by atoms with Gasteiger partial charge in [0.1, 0.15) is 0 Å². The Morgan fingerprint density at radius 1 is 0.958 bits per heavy atom. The van der Waals surface area contributed by atoms with Gasteiger partial charge in [-0.1, -0.05) is 44.2 Å². The standard InChI is InChI=1S/C14H20O2.C6H12O2/c1-4-14(2,3)13(15)16-11-10-12-8-6-5-7-9-12;1-4-6(2,3)5(7)8/h5-9H,4,10-11H2,1-3H3;4H2,1-3H3,(H,7,8). The summed E-state index contributed by atoms with van der Waals surface area (Å²) in [5.41, 5.74) is 0.293. The van der Waals surface area contributed by atoms with Crippen molar-refractivity contribution in [2.75, 3.05) is 6.61 Å². The highest BCUT2D eigenvalue weighted by Crippen LogP contribution is 2.21. The molecule has 0 radical (unpaired) electrons. The first-order valence-corrected chi connectivity index (χ1v) is 8.51. The topological polar surface area (TPSA) is 63.6 Å². The first-order chi connectivity index (χ1) is 11.1. The van der Waals surface area contributed by atoms with E-state index in [1.165, 1.54) is 5.56 Å². The van der Waals surface area contributed by atoms with Gasteiger partial charge in [0.25, 0.3) is 0 Å². The number of aliphatic carboxylic acids is 1. The number of carboxylic acids is 1. The molecule has 0 amide bonds. The van der Waals surface area contributed by atoms with Gasteiger partial charge < -0.3 is 9.84 Å². The summed E-state index contributed by atoms with van der Waals surface area (Å²) in [5, 5.41) is 8.44. The first kappa shape index (κ1) is 22.2. The first-order valence-electron chi connectivity index (χ1n) is 8.51. The molecule has 4 nitrogen and oxygen atoms in total. The van der Waals surface area contributed by atoms with Crippen LogP contribution in [0.25, 0.3) is 0 Å². The third kappa shape index (κ3) is 8.14. The van der Waals surface area contributed by atoms with Crippen molar-refractivity contribution in [2.45, 2.75) is 60.8 Å². The van der Waals surface area contributed by atoms with Crippen LogP contribution in [0.2, 0.25) is 0 Å². The minimum atomic E-state index is -0.722. The summed E-state index contributed by atoms with van der Waals surface area (Å²) < 4.78 is 5.26. The van der Waals surface area contributed by atoms with E-state index in [4.69, 9.17) is 9.84 Å². The Hall–Kier alpha value is -1.84. The number of carbonyl (C=O) groups excluding carboxylic acids is 1. The van der Waals surface area contributed by atoms with Gasteiger partial charge in [-0.25, -0.2) is 0 Å². The van der Waals surface area contributed by atoms with Crippen molar-refractivity contribution in [2.24, 2.45) is 10.8 Å². The molecule has 0 aliphatic carbocycles. The molecule has 24 heavy (non-hydrogen) atoms. The van der Waals surface area contributed by atoms with Crippen LogP contribution < -0.4 is 0 Å². The lowest BCUT2D eigenvalue weighted by Gasteiger charge is -2.20. The zero-order valence-electron chi connectivity index (χ0n) is 15.9. The lowest BCUT2D eigenvalue weighted by molar-refractivity contribution is -0.154. The summed E-state index contributed by atoms with van der Waals surface area (Å²) in [6.07, 6.45) is 2.27. The molecule has 1 aromatic rings. The number of benzene rings is 1. The van der Waals surface area contributed by atoms with Crippen molar-refractivity contribution >= 4 is 11.9 Å². The van der Waals surface area contributed by atoms with E-state index in [1.807, 2.05) is 58.0 Å². The summed E-state index contributed by atoms with van der Waals surface area (Å²) >= 11 is 0. The highest BCUT2D eigenvalue weighted by molar-refractivity contribution is 5.75. The fraction of sp³-hybridized carbons (Fsp3) is 0.600. The molecule has 1 N–H and O–H groups in total. The van der Waals surface area contributed by atoms with Crippen LogP contribution in [0.4, 0.5) is 0 Å². The molecule has 0 bridgehead atoms. The third-order valence-electron chi connectivity index (χ3n) is 4.37. The zero-order valence-corrected chi connectivity index (χ0v) is 15.9. The van der Waals surface area contributed by atoms with Gasteiger partial charge in [-0.15, -0.1) is 0 Å². The second-order valence-electron chi connectivity index (χ2n) is 7.15. The lowest BCUT2D eigenvalue weighted by Crippen LogP contribution is -2.26. The van der Waals surface area contributed by atoms with Crippen LogP contribution in [-0.4, -0.2) is 23.7 Å². The zero-order chi connectivity index (χ0) is 18.8. The molecular formula is C20H32O4. The van der Waals surface area contributed by atoms with Gasteiger partial charge in [0.2, 0.25) is 0 Å². The molecule has 0 aromatic heterocycles. The Kier molecular flexibility index (Phi) is 9.34. The van der Waals surface area contributed by atoms with E-state index in [9.17, 15) is 9.59 Å². The maximum absolute atomic E-state index is 11.7. The van der Waals surface area contributed by atoms with E-state index in [2.05, 4.69) is 0 Å². The van der Waals surface area contributed by atoms with Gasteiger partial charge in [-0.2, -0.15) is 0 Å². The van der Waals surface area contributed by atoms with Crippen LogP contribution in [0, 0.1) is 10.8 Å². The molecule has 1 rings (SSSR count). The van der Waals surface area contributed by atoms with Crippen LogP contribution in [-0.2, 0) is 20.7 Å². The van der Waals surface area contributed by atoms with Gasteiger partial charge in [0.05, 0.1) is 17.4 Å². The van der Waals surface area contributed by atoms with Gasteiger partial charge >= 0.3 is 11.9 Å². The van der Waals surface area contributed by atoms with Crippen LogP contribution in [0.3, 0.4) is 0 Å². The van der Waals surface area contributed by atoms with Gasteiger partial charge in [0.15, 0.2) is 0 Å². The van der Waals surface area contributed by atoms with Crippen LogP contribution in [0.1, 0.15) is 59.9 Å². The number of carbonyl (C=O) groups is 2. The molecule has 0 aliphatic rings. The Labute approximate surface area is 146 Å². The van der Waals surface area contributed by atoms with Crippen molar-refractivity contribution in [1.29, 1.82) is 0 Å². The summed E-state index contributed by atoms with van der Waals surface area (Å²) in [6.45, 7) is 11.6. The minimum Gasteiger partial charge on any atom is -0.481 e. The number of rotatable bonds is 7. The quantitative estimate of drug-likeness (QED) is 0.732. The maximum Gasteiger partial charge on any atom is 0.311 e. The molecule has 0 saturated carbocycles. The largest absolute Gasteiger partial charge is 0.481 e. The average Bonchev–Trinajstić information content (AvgIpc) is 2.56. The summed E-state index contributed by atoms with van der Waals surface area (Å²) in [6, 6.07) is 10.0. The van der Waals surface area contributed by atoms with E-state index in [0.717, 1.165) is 12.8 Å². The smallest absolute Gasteiger partial charge is 0.311 e. The molecule has 0 spiro atoms. The second-order valence-corrected chi connectivity index (χ2v) is 7.15. The molecule has 0 unspecified atom stereocenters. The molecule has 0 aliphatic heterocycles. The normalized spacial score (nSPS) is 11.2. The molecule has 0 saturated heterocycles. The average molecular weight is 336 g/mol. The maximum atomic E-state index is 11.7. The highest BCUT2D eigenvalue weighted by Gasteiger charge is 2.26. The van der Waals surface area contributed by atoms with Crippen molar-refractivity contribution in [3.63, 3.8) is 0 Å². The van der Waals surface area contributed by atoms with E-state index >= 15 is 0 Å². The molecule has 1 aromatic carbocycles. The number of hydrogen-bond acceptors (Lipinski definition) is 3. The number of esters is 1. The number of hydrogen-bond donors (Lipinski definition) is 1. The summed E-state index contributed by atoms with van der Waals surface area (Å²) in [4.78, 5) is 21.9. The highest BCUT2D eigenvalue weighted by atomic mass is 16.5. The van der Waals surface area contributed by atoms with E-state index in [-0.39, 0.29) is 11.4 Å². The van der Waals surface area contributed by atoms with Crippen LogP contribution in [0.15, 0.2) is 30.3 Å². The predicted molar refractivity (Wildman–Crippen MR) is 96.9 cm³/mol. The second kappa shape index (κ2) is 10.1. The van der Waals surface area contributed by atoms with Gasteiger partial charge in [-0.3, -0.25) is 9.59 Å². The van der Waals surface area contributed by atoms with E-state index in [1.54, 1.807) is 13.8 Å². The van der Waals surface area contributed by atoms with E-state index in [0.29, 0.717) is 13.0 Å². The Morgan fingerprint density at radius 3 is 1.83 bits per heavy atom.